The van der Waals surface area contributed by atoms with E-state index in [1.807, 2.05) is 4.90 Å². The molecule has 1 aromatic rings. The molecule has 5 nitrogen and oxygen atoms in total. The summed E-state index contributed by atoms with van der Waals surface area (Å²) in [5.74, 6) is -0.289. The second-order valence-electron chi connectivity index (χ2n) is 7.07. The summed E-state index contributed by atoms with van der Waals surface area (Å²) >= 11 is 0. The number of aryl methyl sites for hydroxylation is 2. The Morgan fingerprint density at radius 3 is 2.75 bits per heavy atom. The van der Waals surface area contributed by atoms with Crippen LogP contribution in [0.1, 0.15) is 42.4 Å². The third kappa shape index (κ3) is 4.35. The highest BCUT2D eigenvalue weighted by Gasteiger charge is 2.26. The van der Waals surface area contributed by atoms with Crippen molar-refractivity contribution in [2.75, 3.05) is 19.6 Å². The number of fused-ring (bicyclic) bond motifs is 1. The fourth-order valence-electron chi connectivity index (χ4n) is 3.86. The molecule has 0 spiro atoms. The molecule has 1 aromatic carbocycles. The molecule has 24 heavy (non-hydrogen) atoms. The first-order chi connectivity index (χ1) is 11.6. The van der Waals surface area contributed by atoms with Gasteiger partial charge in [-0.25, -0.2) is 0 Å². The average molecular weight is 329 g/mol. The predicted octanol–water partition coefficient (Wildman–Crippen LogP) is 1.38. The standard InChI is InChI=1S/C19H27N3O2/c20-18(23)13-22-9-3-6-17(12-22)19(24)21-11-14-7-8-15-4-1-2-5-16(15)10-14/h7-8,10,17H,1-6,9,11-13H2,(H2,20,23)(H,21,24)/t17-/m1/s1. The van der Waals surface area contributed by atoms with Crippen LogP contribution in [-0.2, 0) is 29.0 Å². The van der Waals surface area contributed by atoms with Gasteiger partial charge in [0, 0.05) is 13.1 Å². The zero-order valence-electron chi connectivity index (χ0n) is 14.2. The molecule has 0 saturated carbocycles. The smallest absolute Gasteiger partial charge is 0.231 e. The zero-order chi connectivity index (χ0) is 16.9. The van der Waals surface area contributed by atoms with Crippen LogP contribution in [0, 0.1) is 5.92 Å². The van der Waals surface area contributed by atoms with Gasteiger partial charge in [-0.05, 0) is 61.8 Å². The molecule has 0 unspecified atom stereocenters. The van der Waals surface area contributed by atoms with Gasteiger partial charge in [0.05, 0.1) is 12.5 Å². The summed E-state index contributed by atoms with van der Waals surface area (Å²) in [5.41, 5.74) is 9.34. The summed E-state index contributed by atoms with van der Waals surface area (Å²) < 4.78 is 0. The van der Waals surface area contributed by atoms with Crippen molar-refractivity contribution in [2.45, 2.75) is 45.1 Å². The van der Waals surface area contributed by atoms with Gasteiger partial charge in [-0.15, -0.1) is 0 Å². The van der Waals surface area contributed by atoms with Crippen LogP contribution in [0.25, 0.3) is 0 Å². The molecule has 2 aliphatic rings. The maximum absolute atomic E-state index is 12.4. The summed E-state index contributed by atoms with van der Waals surface area (Å²) in [7, 11) is 0. The van der Waals surface area contributed by atoms with E-state index in [2.05, 4.69) is 23.5 Å². The minimum atomic E-state index is -0.329. The lowest BCUT2D eigenvalue weighted by Gasteiger charge is -2.31. The van der Waals surface area contributed by atoms with Crippen LogP contribution in [-0.4, -0.2) is 36.3 Å². The van der Waals surface area contributed by atoms with Gasteiger partial charge in [0.25, 0.3) is 0 Å². The minimum absolute atomic E-state index is 0.0456. The molecule has 130 valence electrons. The fourth-order valence-corrected chi connectivity index (χ4v) is 3.86. The van der Waals surface area contributed by atoms with E-state index >= 15 is 0 Å². The summed E-state index contributed by atoms with van der Waals surface area (Å²) in [5, 5.41) is 3.07. The monoisotopic (exact) mass is 329 g/mol. The first-order valence-electron chi connectivity index (χ1n) is 9.01. The van der Waals surface area contributed by atoms with Gasteiger partial charge >= 0.3 is 0 Å². The third-order valence-corrected chi connectivity index (χ3v) is 5.14. The largest absolute Gasteiger partial charge is 0.369 e. The second-order valence-corrected chi connectivity index (χ2v) is 7.07. The topological polar surface area (TPSA) is 75.4 Å². The van der Waals surface area contributed by atoms with Crippen molar-refractivity contribution in [1.29, 1.82) is 0 Å². The van der Waals surface area contributed by atoms with Gasteiger partial charge in [-0.1, -0.05) is 18.2 Å². The molecule has 2 amide bonds. The lowest BCUT2D eigenvalue weighted by Crippen LogP contribution is -2.45. The maximum atomic E-state index is 12.4. The fraction of sp³-hybridized carbons (Fsp3) is 0.579. The Balaban J connectivity index is 1.52. The third-order valence-electron chi connectivity index (χ3n) is 5.14. The van der Waals surface area contributed by atoms with E-state index in [0.717, 1.165) is 25.8 Å². The molecule has 1 aliphatic carbocycles. The van der Waals surface area contributed by atoms with E-state index in [1.165, 1.54) is 36.0 Å². The van der Waals surface area contributed by atoms with Crippen molar-refractivity contribution in [3.05, 3.63) is 34.9 Å². The van der Waals surface area contributed by atoms with Crippen molar-refractivity contribution in [1.82, 2.24) is 10.2 Å². The molecule has 3 rings (SSSR count). The van der Waals surface area contributed by atoms with Crippen molar-refractivity contribution < 1.29 is 9.59 Å². The Morgan fingerprint density at radius 1 is 1.17 bits per heavy atom. The molecule has 5 heteroatoms. The van der Waals surface area contributed by atoms with Crippen LogP contribution >= 0.6 is 0 Å². The summed E-state index contributed by atoms with van der Waals surface area (Å²) in [4.78, 5) is 25.5. The summed E-state index contributed by atoms with van der Waals surface area (Å²) in [6.45, 7) is 2.30. The number of benzene rings is 1. The number of piperidine rings is 1. The number of carbonyl (C=O) groups is 2. The van der Waals surface area contributed by atoms with Crippen molar-refractivity contribution in [2.24, 2.45) is 11.7 Å². The Bertz CT molecular complexity index is 615. The van der Waals surface area contributed by atoms with E-state index in [4.69, 9.17) is 5.73 Å². The molecular weight excluding hydrogens is 302 g/mol. The van der Waals surface area contributed by atoms with Gasteiger partial charge in [-0.3, -0.25) is 14.5 Å². The van der Waals surface area contributed by atoms with Crippen molar-refractivity contribution in [3.63, 3.8) is 0 Å². The van der Waals surface area contributed by atoms with Crippen LogP contribution in [0.5, 0.6) is 0 Å². The molecule has 1 heterocycles. The number of likely N-dealkylation sites (tertiary alicyclic amines) is 1. The molecular formula is C19H27N3O2. The molecule has 0 bridgehead atoms. The molecule has 3 N–H and O–H groups in total. The lowest BCUT2D eigenvalue weighted by atomic mass is 9.90. The normalized spacial score (nSPS) is 21.1. The highest BCUT2D eigenvalue weighted by atomic mass is 16.2. The number of primary amides is 1. The first kappa shape index (κ1) is 17.0. The highest BCUT2D eigenvalue weighted by molar-refractivity contribution is 5.79. The molecule has 1 aliphatic heterocycles. The quantitative estimate of drug-likeness (QED) is 0.857. The van der Waals surface area contributed by atoms with Crippen LogP contribution in [0.15, 0.2) is 18.2 Å². The highest BCUT2D eigenvalue weighted by Crippen LogP contribution is 2.22. The number of carbonyl (C=O) groups excluding carboxylic acids is 2. The average Bonchev–Trinajstić information content (AvgIpc) is 2.59. The second kappa shape index (κ2) is 7.79. The zero-order valence-corrected chi connectivity index (χ0v) is 14.2. The van der Waals surface area contributed by atoms with E-state index in [9.17, 15) is 9.59 Å². The molecule has 0 radical (unpaired) electrons. The Labute approximate surface area is 143 Å². The Hall–Kier alpha value is -1.88. The number of amides is 2. The number of hydrogen-bond donors (Lipinski definition) is 2. The van der Waals surface area contributed by atoms with Gasteiger partial charge < -0.3 is 11.1 Å². The van der Waals surface area contributed by atoms with Crippen LogP contribution in [0.2, 0.25) is 0 Å². The SMILES string of the molecule is NC(=O)CN1CCC[C@@H](C(=O)NCc2ccc3c(c2)CCCC3)C1. The number of nitrogens with zero attached hydrogens (tertiary/aromatic N) is 1. The number of rotatable bonds is 5. The van der Waals surface area contributed by atoms with E-state index in [0.29, 0.717) is 13.1 Å². The van der Waals surface area contributed by atoms with E-state index < -0.39 is 0 Å². The predicted molar refractivity (Wildman–Crippen MR) is 93.3 cm³/mol. The molecule has 1 fully saturated rings. The van der Waals surface area contributed by atoms with Crippen molar-refractivity contribution >= 4 is 11.8 Å². The van der Waals surface area contributed by atoms with E-state index in [-0.39, 0.29) is 24.3 Å². The summed E-state index contributed by atoms with van der Waals surface area (Å²) in [6, 6.07) is 6.59. The number of hydrogen-bond acceptors (Lipinski definition) is 3. The lowest BCUT2D eigenvalue weighted by molar-refractivity contribution is -0.128. The van der Waals surface area contributed by atoms with Crippen LogP contribution in [0.3, 0.4) is 0 Å². The molecule has 1 saturated heterocycles. The van der Waals surface area contributed by atoms with Crippen molar-refractivity contribution in [3.8, 4) is 0 Å². The first-order valence-corrected chi connectivity index (χ1v) is 9.01. The number of nitrogens with two attached hydrogens (primary N) is 1. The van der Waals surface area contributed by atoms with Crippen LogP contribution in [0.4, 0.5) is 0 Å². The number of nitrogens with one attached hydrogen (secondary N) is 1. The molecule has 1 atom stereocenters. The Kier molecular flexibility index (Phi) is 5.51. The van der Waals surface area contributed by atoms with Gasteiger partial charge in [0.1, 0.15) is 0 Å². The van der Waals surface area contributed by atoms with Gasteiger partial charge in [-0.2, -0.15) is 0 Å². The van der Waals surface area contributed by atoms with Crippen LogP contribution < -0.4 is 11.1 Å². The van der Waals surface area contributed by atoms with Gasteiger partial charge in [0.2, 0.25) is 11.8 Å². The van der Waals surface area contributed by atoms with E-state index in [1.54, 1.807) is 0 Å². The van der Waals surface area contributed by atoms with Gasteiger partial charge in [0.15, 0.2) is 0 Å². The Morgan fingerprint density at radius 2 is 1.96 bits per heavy atom. The maximum Gasteiger partial charge on any atom is 0.231 e. The minimum Gasteiger partial charge on any atom is -0.369 e. The molecule has 0 aromatic heterocycles. The summed E-state index contributed by atoms with van der Waals surface area (Å²) in [6.07, 6.45) is 6.70.